The number of hydrogen-bond acceptors (Lipinski definition) is 6. The zero-order valence-electron chi connectivity index (χ0n) is 20.5. The first-order valence-corrected chi connectivity index (χ1v) is 12.9. The Bertz CT molecular complexity index is 1530. The maximum Gasteiger partial charge on any atom is 0.416 e. The molecule has 0 saturated carbocycles. The summed E-state index contributed by atoms with van der Waals surface area (Å²) >= 11 is 1.10. The summed E-state index contributed by atoms with van der Waals surface area (Å²) in [5.41, 5.74) is 0.887. The van der Waals surface area contributed by atoms with Gasteiger partial charge in [-0.3, -0.25) is 9.36 Å². The van der Waals surface area contributed by atoms with Crippen LogP contribution in [0, 0.1) is 0 Å². The summed E-state index contributed by atoms with van der Waals surface area (Å²) in [6.45, 7) is 0.422. The Balaban J connectivity index is 1.33. The molecule has 0 N–H and O–H groups in total. The fourth-order valence-electron chi connectivity index (χ4n) is 3.95. The molecule has 39 heavy (non-hydrogen) atoms. The number of alkyl halides is 3. The number of nitrogens with zero attached hydrogens (tertiary/aromatic N) is 3. The van der Waals surface area contributed by atoms with Crippen LogP contribution >= 0.6 is 11.8 Å². The van der Waals surface area contributed by atoms with E-state index in [0.717, 1.165) is 23.4 Å². The number of aromatic nitrogens is 3. The number of hydrogen-bond donors (Lipinski definition) is 0. The van der Waals surface area contributed by atoms with Gasteiger partial charge in [0.05, 0.1) is 23.3 Å². The van der Waals surface area contributed by atoms with Crippen LogP contribution in [0.4, 0.5) is 13.2 Å². The summed E-state index contributed by atoms with van der Waals surface area (Å²) in [6.07, 6.45) is -3.35. The van der Waals surface area contributed by atoms with Crippen molar-refractivity contribution in [3.05, 3.63) is 114 Å². The molecule has 0 aliphatic rings. The molecule has 0 aliphatic carbocycles. The number of carbonyl (C=O) groups excluding carboxylic acids is 1. The second-order valence-electron chi connectivity index (χ2n) is 8.55. The first-order valence-electron chi connectivity index (χ1n) is 11.9. The molecule has 0 amide bonds. The van der Waals surface area contributed by atoms with E-state index in [9.17, 15) is 18.0 Å². The van der Waals surface area contributed by atoms with Crippen molar-refractivity contribution < 1.29 is 27.1 Å². The molecule has 0 saturated heterocycles. The van der Waals surface area contributed by atoms with E-state index >= 15 is 0 Å². The minimum atomic E-state index is -4.53. The van der Waals surface area contributed by atoms with Gasteiger partial charge in [-0.05, 0) is 53.6 Å². The number of halogens is 3. The van der Waals surface area contributed by atoms with Crippen LogP contribution in [0.15, 0.2) is 107 Å². The Morgan fingerprint density at radius 1 is 0.897 bits per heavy atom. The van der Waals surface area contributed by atoms with Crippen molar-refractivity contribution in [3.63, 3.8) is 0 Å². The molecular weight excluding hydrogens is 527 g/mol. The Hall–Kier alpha value is -4.31. The van der Waals surface area contributed by atoms with E-state index in [0.29, 0.717) is 34.8 Å². The smallest absolute Gasteiger partial charge is 0.416 e. The molecule has 2 heterocycles. The molecule has 10 heteroatoms. The predicted octanol–water partition coefficient (Wildman–Crippen LogP) is 7.03. The minimum absolute atomic E-state index is 0.0561. The normalized spacial score (nSPS) is 11.5. The lowest BCUT2D eigenvalue weighted by molar-refractivity contribution is -0.138. The van der Waals surface area contributed by atoms with Gasteiger partial charge in [-0.25, -0.2) is 0 Å². The fraction of sp³-hybridized carbons (Fsp3) is 0.138. The highest BCUT2D eigenvalue weighted by molar-refractivity contribution is 7.99. The van der Waals surface area contributed by atoms with Gasteiger partial charge in [0.15, 0.2) is 10.9 Å². The van der Waals surface area contributed by atoms with Gasteiger partial charge in [0, 0.05) is 6.42 Å². The van der Waals surface area contributed by atoms with Crippen molar-refractivity contribution in [2.45, 2.75) is 24.4 Å². The maximum absolute atomic E-state index is 13.3. The number of thioether (sulfide) groups is 1. The van der Waals surface area contributed by atoms with Gasteiger partial charge in [-0.15, -0.1) is 10.2 Å². The first-order chi connectivity index (χ1) is 18.9. The van der Waals surface area contributed by atoms with Gasteiger partial charge in [0.2, 0.25) is 5.82 Å². The van der Waals surface area contributed by atoms with Crippen molar-refractivity contribution in [3.8, 4) is 23.0 Å². The first kappa shape index (κ1) is 26.3. The van der Waals surface area contributed by atoms with Crippen LogP contribution in [0.3, 0.4) is 0 Å². The fourth-order valence-corrected chi connectivity index (χ4v) is 4.77. The number of benzene rings is 3. The molecule has 0 bridgehead atoms. The maximum atomic E-state index is 13.3. The molecule has 0 aliphatic heterocycles. The quantitative estimate of drug-likeness (QED) is 0.174. The van der Waals surface area contributed by atoms with Crippen LogP contribution < -0.4 is 4.74 Å². The average molecular weight is 550 g/mol. The van der Waals surface area contributed by atoms with E-state index in [4.69, 9.17) is 9.15 Å². The number of rotatable bonds is 10. The molecule has 0 fully saturated rings. The molecule has 2 aromatic heterocycles. The highest BCUT2D eigenvalue weighted by Crippen LogP contribution is 2.33. The molecule has 0 unspecified atom stereocenters. The monoisotopic (exact) mass is 549 g/mol. The van der Waals surface area contributed by atoms with Gasteiger partial charge in [0.25, 0.3) is 0 Å². The zero-order valence-corrected chi connectivity index (χ0v) is 21.3. The third-order valence-electron chi connectivity index (χ3n) is 5.79. The lowest BCUT2D eigenvalue weighted by Gasteiger charge is -2.12. The van der Waals surface area contributed by atoms with Crippen molar-refractivity contribution in [1.82, 2.24) is 14.8 Å². The molecule has 6 nitrogen and oxygen atoms in total. The third-order valence-corrected chi connectivity index (χ3v) is 6.78. The second kappa shape index (κ2) is 11.6. The van der Waals surface area contributed by atoms with E-state index in [1.165, 1.54) is 24.5 Å². The highest BCUT2D eigenvalue weighted by atomic mass is 32.2. The highest BCUT2D eigenvalue weighted by Gasteiger charge is 2.33. The summed E-state index contributed by atoms with van der Waals surface area (Å²) in [5.74, 6) is 1.12. The molecule has 3 aromatic carbocycles. The van der Waals surface area contributed by atoms with Crippen LogP contribution in [0.5, 0.6) is 5.75 Å². The van der Waals surface area contributed by atoms with Gasteiger partial charge in [-0.2, -0.15) is 13.2 Å². The van der Waals surface area contributed by atoms with Crippen molar-refractivity contribution in [2.24, 2.45) is 0 Å². The van der Waals surface area contributed by atoms with Gasteiger partial charge >= 0.3 is 6.18 Å². The predicted molar refractivity (Wildman–Crippen MR) is 141 cm³/mol. The minimum Gasteiger partial charge on any atom is -0.489 e. The summed E-state index contributed by atoms with van der Waals surface area (Å²) in [7, 11) is 0. The Kier molecular flexibility index (Phi) is 7.83. The molecule has 0 radical (unpaired) electrons. The van der Waals surface area contributed by atoms with Crippen LogP contribution in [0.25, 0.3) is 17.3 Å². The zero-order chi connectivity index (χ0) is 27.2. The molecule has 5 rings (SSSR count). The van der Waals surface area contributed by atoms with E-state index in [1.807, 2.05) is 54.6 Å². The Morgan fingerprint density at radius 3 is 2.36 bits per heavy atom. The van der Waals surface area contributed by atoms with Crippen molar-refractivity contribution in [1.29, 1.82) is 0 Å². The van der Waals surface area contributed by atoms with Crippen LogP contribution in [0.2, 0.25) is 0 Å². The van der Waals surface area contributed by atoms with Crippen LogP contribution in [-0.2, 0) is 24.0 Å². The number of ether oxygens (including phenoxy) is 1. The molecular formula is C29H22F3N3O3S. The van der Waals surface area contributed by atoms with E-state index in [1.54, 1.807) is 16.7 Å². The lowest BCUT2D eigenvalue weighted by Crippen LogP contribution is -2.13. The summed E-state index contributed by atoms with van der Waals surface area (Å²) in [4.78, 5) is 12.7. The van der Waals surface area contributed by atoms with Crippen molar-refractivity contribution >= 4 is 17.5 Å². The van der Waals surface area contributed by atoms with Crippen LogP contribution in [-0.4, -0.2) is 26.3 Å². The molecule has 0 atom stereocenters. The Labute approximate surface area is 226 Å². The SMILES string of the molecule is O=C(CSc1nnc(-c2ccco2)n1-c1ccc(OCc2ccccc2)cc1)Cc1ccccc1C(F)(F)F. The molecule has 0 spiro atoms. The number of carbonyl (C=O) groups is 1. The third kappa shape index (κ3) is 6.40. The average Bonchev–Trinajstić information content (AvgIpc) is 3.62. The van der Waals surface area contributed by atoms with E-state index in [2.05, 4.69) is 10.2 Å². The second-order valence-corrected chi connectivity index (χ2v) is 9.49. The van der Waals surface area contributed by atoms with Gasteiger partial charge in [-0.1, -0.05) is 60.3 Å². The summed E-state index contributed by atoms with van der Waals surface area (Å²) in [6, 6.07) is 25.7. The van der Waals surface area contributed by atoms with Crippen LogP contribution in [0.1, 0.15) is 16.7 Å². The largest absolute Gasteiger partial charge is 0.489 e. The summed E-state index contributed by atoms with van der Waals surface area (Å²) < 4.78 is 53.1. The van der Waals surface area contributed by atoms with Gasteiger partial charge < -0.3 is 9.15 Å². The molecule has 198 valence electrons. The number of ketones is 1. The van der Waals surface area contributed by atoms with E-state index in [-0.39, 0.29) is 23.5 Å². The van der Waals surface area contributed by atoms with Gasteiger partial charge in [0.1, 0.15) is 18.1 Å². The van der Waals surface area contributed by atoms with Crippen molar-refractivity contribution in [2.75, 3.05) is 5.75 Å². The molecule has 5 aromatic rings. The Morgan fingerprint density at radius 2 is 1.64 bits per heavy atom. The van der Waals surface area contributed by atoms with E-state index < -0.39 is 11.7 Å². The topological polar surface area (TPSA) is 70.2 Å². The standard InChI is InChI=1S/C29H22F3N3O3S/c30-29(31,32)25-10-5-4-9-21(25)17-23(36)19-39-28-34-33-27(26-11-6-16-37-26)35(28)22-12-14-24(15-13-22)38-18-20-7-2-1-3-8-20/h1-16H,17-19H2. The lowest BCUT2D eigenvalue weighted by atomic mass is 10.0. The number of Topliss-reactive ketones (excluding diaryl/α,β-unsaturated/α-hetero) is 1. The number of furan rings is 1. The summed E-state index contributed by atoms with van der Waals surface area (Å²) in [5, 5.41) is 8.88.